The molecule has 0 radical (unpaired) electrons. The fourth-order valence-corrected chi connectivity index (χ4v) is 4.97. The number of benzene rings is 1. The number of hydrogen-bond acceptors (Lipinski definition) is 5. The molecule has 3 heterocycles. The Morgan fingerprint density at radius 3 is 2.77 bits per heavy atom. The van der Waals surface area contributed by atoms with Crippen LogP contribution < -0.4 is 15.0 Å². The first-order valence-electron chi connectivity index (χ1n) is 10.5. The Labute approximate surface area is 181 Å². The third-order valence-electron chi connectivity index (χ3n) is 5.80. The summed E-state index contributed by atoms with van der Waals surface area (Å²) >= 11 is 1.69. The highest BCUT2D eigenvalue weighted by atomic mass is 32.1. The SMILES string of the molecule is CC(=O)Nc1cccc(Oc2nc(C[NH+]3CCC(C)CC3)nc3sc(C)c(C)c23)c1. The van der Waals surface area contributed by atoms with Crippen LogP contribution in [0.2, 0.25) is 0 Å². The van der Waals surface area contributed by atoms with E-state index in [-0.39, 0.29) is 5.91 Å². The molecule has 0 saturated carbocycles. The molecule has 6 nitrogen and oxygen atoms in total. The van der Waals surface area contributed by atoms with Crippen LogP contribution in [0.5, 0.6) is 11.6 Å². The van der Waals surface area contributed by atoms with Crippen LogP contribution in [0.3, 0.4) is 0 Å². The van der Waals surface area contributed by atoms with E-state index < -0.39 is 0 Å². The molecule has 0 bridgehead atoms. The number of fused-ring (bicyclic) bond motifs is 1. The van der Waals surface area contributed by atoms with Crippen molar-refractivity contribution >= 4 is 33.1 Å². The van der Waals surface area contributed by atoms with E-state index in [1.54, 1.807) is 11.3 Å². The average molecular weight is 426 g/mol. The second kappa shape index (κ2) is 8.70. The van der Waals surface area contributed by atoms with Gasteiger partial charge in [0.05, 0.1) is 18.5 Å². The zero-order valence-electron chi connectivity index (χ0n) is 18.0. The van der Waals surface area contributed by atoms with Crippen LogP contribution in [0, 0.1) is 19.8 Å². The van der Waals surface area contributed by atoms with Crippen molar-refractivity contribution in [3.8, 4) is 11.6 Å². The lowest BCUT2D eigenvalue weighted by molar-refractivity contribution is -0.920. The van der Waals surface area contributed by atoms with E-state index in [2.05, 4.69) is 26.1 Å². The monoisotopic (exact) mass is 425 g/mol. The molecule has 4 rings (SSSR count). The van der Waals surface area contributed by atoms with Crippen LogP contribution in [-0.2, 0) is 11.3 Å². The smallest absolute Gasteiger partial charge is 0.231 e. The van der Waals surface area contributed by atoms with Gasteiger partial charge < -0.3 is 15.0 Å². The predicted octanol–water partition coefficient (Wildman–Crippen LogP) is 3.87. The molecule has 3 aromatic rings. The predicted molar refractivity (Wildman–Crippen MR) is 121 cm³/mol. The number of rotatable bonds is 5. The Morgan fingerprint density at radius 2 is 2.03 bits per heavy atom. The lowest BCUT2D eigenvalue weighted by Crippen LogP contribution is -3.11. The second-order valence-electron chi connectivity index (χ2n) is 8.33. The molecule has 0 spiro atoms. The third-order valence-corrected chi connectivity index (χ3v) is 6.90. The van der Waals surface area contributed by atoms with Crippen molar-refractivity contribution in [3.63, 3.8) is 0 Å². The van der Waals surface area contributed by atoms with E-state index in [0.29, 0.717) is 17.3 Å². The van der Waals surface area contributed by atoms with Crippen molar-refractivity contribution in [2.24, 2.45) is 5.92 Å². The molecule has 2 N–H and O–H groups in total. The van der Waals surface area contributed by atoms with Gasteiger partial charge in [-0.25, -0.2) is 4.98 Å². The van der Waals surface area contributed by atoms with Gasteiger partial charge in [-0.1, -0.05) is 13.0 Å². The number of aromatic nitrogens is 2. The minimum atomic E-state index is -0.109. The van der Waals surface area contributed by atoms with Gasteiger partial charge in [0, 0.05) is 23.6 Å². The summed E-state index contributed by atoms with van der Waals surface area (Å²) < 4.78 is 6.25. The molecular weight excluding hydrogens is 396 g/mol. The lowest BCUT2D eigenvalue weighted by atomic mass is 9.99. The number of quaternary nitrogens is 1. The fourth-order valence-electron chi connectivity index (χ4n) is 3.93. The number of hydrogen-bond donors (Lipinski definition) is 2. The summed E-state index contributed by atoms with van der Waals surface area (Å²) in [6, 6.07) is 7.41. The molecule has 30 heavy (non-hydrogen) atoms. The molecule has 1 amide bonds. The number of ether oxygens (including phenoxy) is 1. The molecule has 1 aliphatic rings. The number of carbonyl (C=O) groups excluding carboxylic acids is 1. The Morgan fingerprint density at radius 1 is 1.27 bits per heavy atom. The summed E-state index contributed by atoms with van der Waals surface area (Å²) in [6.07, 6.45) is 2.52. The van der Waals surface area contributed by atoms with Crippen LogP contribution in [0.4, 0.5) is 5.69 Å². The average Bonchev–Trinajstić information content (AvgIpc) is 2.97. The lowest BCUT2D eigenvalue weighted by Gasteiger charge is -2.26. The van der Waals surface area contributed by atoms with E-state index in [0.717, 1.165) is 34.1 Å². The third kappa shape index (κ3) is 4.63. The number of amides is 1. The maximum absolute atomic E-state index is 11.4. The molecule has 0 aliphatic carbocycles. The number of anilines is 1. The molecule has 1 aliphatic heterocycles. The number of carbonyl (C=O) groups is 1. The minimum absolute atomic E-state index is 0.109. The van der Waals surface area contributed by atoms with Crippen molar-refractivity contribution in [1.29, 1.82) is 0 Å². The Bertz CT molecular complexity index is 1070. The molecular formula is C23H29N4O2S+. The number of piperidine rings is 1. The maximum atomic E-state index is 11.4. The van der Waals surface area contributed by atoms with E-state index in [9.17, 15) is 4.79 Å². The van der Waals surface area contributed by atoms with Crippen LogP contribution >= 0.6 is 11.3 Å². The van der Waals surface area contributed by atoms with Crippen LogP contribution in [0.25, 0.3) is 10.2 Å². The van der Waals surface area contributed by atoms with Crippen molar-refractivity contribution in [2.75, 3.05) is 18.4 Å². The first-order chi connectivity index (χ1) is 14.4. The normalized spacial score (nSPS) is 19.1. The number of likely N-dealkylation sites (tertiary alicyclic amines) is 1. The van der Waals surface area contributed by atoms with Gasteiger partial charge >= 0.3 is 0 Å². The minimum Gasteiger partial charge on any atom is -0.438 e. The van der Waals surface area contributed by atoms with Gasteiger partial charge in [0.25, 0.3) is 0 Å². The van der Waals surface area contributed by atoms with Crippen LogP contribution in [-0.4, -0.2) is 29.0 Å². The van der Waals surface area contributed by atoms with Gasteiger partial charge in [-0.05, 0) is 50.3 Å². The van der Waals surface area contributed by atoms with Gasteiger partial charge in [-0.3, -0.25) is 4.79 Å². The van der Waals surface area contributed by atoms with Crippen molar-refractivity contribution < 1.29 is 14.4 Å². The zero-order valence-corrected chi connectivity index (χ0v) is 18.9. The summed E-state index contributed by atoms with van der Waals surface area (Å²) in [5, 5.41) is 3.78. The van der Waals surface area contributed by atoms with Gasteiger partial charge in [0.2, 0.25) is 11.8 Å². The van der Waals surface area contributed by atoms with Gasteiger partial charge in [0.15, 0.2) is 5.82 Å². The summed E-state index contributed by atoms with van der Waals surface area (Å²) in [6.45, 7) is 11.2. The zero-order chi connectivity index (χ0) is 21.3. The highest BCUT2D eigenvalue weighted by molar-refractivity contribution is 7.18. The first-order valence-corrected chi connectivity index (χ1v) is 11.4. The Hall–Kier alpha value is -2.51. The summed E-state index contributed by atoms with van der Waals surface area (Å²) in [5.74, 6) is 2.79. The standard InChI is InChI=1S/C23H28N4O2S/c1-14-8-10-27(11-9-14)13-20-25-22(21-15(2)16(3)30-23(21)26-20)29-19-7-5-6-18(12-19)24-17(4)28/h5-7,12,14H,8-11,13H2,1-4H3,(H,24,28)/p+1. The molecule has 7 heteroatoms. The first kappa shape index (κ1) is 20.8. The fraction of sp³-hybridized carbons (Fsp3) is 0.435. The number of nitrogens with one attached hydrogen (secondary N) is 2. The molecule has 158 valence electrons. The molecule has 0 unspecified atom stereocenters. The quantitative estimate of drug-likeness (QED) is 0.651. The number of thiophene rings is 1. The largest absolute Gasteiger partial charge is 0.438 e. The highest BCUT2D eigenvalue weighted by Crippen LogP contribution is 2.36. The summed E-state index contributed by atoms with van der Waals surface area (Å²) in [7, 11) is 0. The summed E-state index contributed by atoms with van der Waals surface area (Å²) in [5.41, 5.74) is 1.87. The number of nitrogens with zero attached hydrogens (tertiary/aromatic N) is 2. The molecule has 1 aromatic carbocycles. The van der Waals surface area contributed by atoms with E-state index in [1.807, 2.05) is 24.3 Å². The molecule has 1 saturated heterocycles. The highest BCUT2D eigenvalue weighted by Gasteiger charge is 2.22. The summed E-state index contributed by atoms with van der Waals surface area (Å²) in [4.78, 5) is 24.9. The van der Waals surface area contributed by atoms with Crippen molar-refractivity contribution in [1.82, 2.24) is 9.97 Å². The van der Waals surface area contributed by atoms with Gasteiger partial charge in [-0.15, -0.1) is 11.3 Å². The van der Waals surface area contributed by atoms with E-state index in [1.165, 1.54) is 42.6 Å². The van der Waals surface area contributed by atoms with Gasteiger partial charge in [0.1, 0.15) is 17.1 Å². The Kier molecular flexibility index (Phi) is 6.01. The van der Waals surface area contributed by atoms with Crippen molar-refractivity contribution in [2.45, 2.75) is 47.1 Å². The molecule has 2 aromatic heterocycles. The Balaban J connectivity index is 1.66. The van der Waals surface area contributed by atoms with E-state index >= 15 is 0 Å². The second-order valence-corrected chi connectivity index (χ2v) is 9.53. The van der Waals surface area contributed by atoms with Crippen LogP contribution in [0.1, 0.15) is 43.0 Å². The van der Waals surface area contributed by atoms with Gasteiger partial charge in [-0.2, -0.15) is 4.98 Å². The topological polar surface area (TPSA) is 68.5 Å². The molecule has 0 atom stereocenters. The maximum Gasteiger partial charge on any atom is 0.231 e. The number of aryl methyl sites for hydroxylation is 2. The van der Waals surface area contributed by atoms with E-state index in [4.69, 9.17) is 14.7 Å². The molecule has 1 fully saturated rings. The van der Waals surface area contributed by atoms with Crippen molar-refractivity contribution in [3.05, 3.63) is 40.5 Å². The van der Waals surface area contributed by atoms with Crippen LogP contribution in [0.15, 0.2) is 24.3 Å².